The van der Waals surface area contributed by atoms with Crippen LogP contribution in [0.1, 0.15) is 20.8 Å². The van der Waals surface area contributed by atoms with Gasteiger partial charge in [-0.1, -0.05) is 69.4 Å². The Hall–Kier alpha value is -0.893. The standard InChI is InChI=1S/C13H20OSi/c1-13(2,3)12(14)15(4,5)11-9-7-6-8-10-11/h6-10H,1-5H3. The van der Waals surface area contributed by atoms with Crippen LogP contribution in [-0.4, -0.2) is 13.5 Å². The first kappa shape index (κ1) is 12.2. The molecule has 0 fully saturated rings. The van der Waals surface area contributed by atoms with E-state index in [0.29, 0.717) is 5.41 Å². The highest BCUT2D eigenvalue weighted by molar-refractivity contribution is 7.13. The summed E-state index contributed by atoms with van der Waals surface area (Å²) in [5, 5.41) is 1.64. The molecule has 15 heavy (non-hydrogen) atoms. The summed E-state index contributed by atoms with van der Waals surface area (Å²) >= 11 is 0. The highest BCUT2D eigenvalue weighted by Gasteiger charge is 2.39. The second kappa shape index (κ2) is 3.93. The molecule has 0 atom stereocenters. The Morgan fingerprint density at radius 3 is 1.93 bits per heavy atom. The second-order valence-electron chi connectivity index (χ2n) is 5.57. The van der Waals surface area contributed by atoms with Crippen LogP contribution in [0.4, 0.5) is 0 Å². The van der Waals surface area contributed by atoms with E-state index in [1.54, 1.807) is 0 Å². The lowest BCUT2D eigenvalue weighted by Crippen LogP contribution is -2.54. The summed E-state index contributed by atoms with van der Waals surface area (Å²) in [6, 6.07) is 10.2. The third-order valence-corrected chi connectivity index (χ3v) is 6.41. The molecule has 2 heteroatoms. The topological polar surface area (TPSA) is 17.1 Å². The van der Waals surface area contributed by atoms with E-state index in [-0.39, 0.29) is 5.41 Å². The van der Waals surface area contributed by atoms with Crippen LogP contribution in [0.3, 0.4) is 0 Å². The maximum Gasteiger partial charge on any atom is 0.158 e. The normalized spacial score (nSPS) is 12.6. The van der Waals surface area contributed by atoms with E-state index in [0.717, 1.165) is 0 Å². The van der Waals surface area contributed by atoms with Gasteiger partial charge in [0, 0.05) is 5.41 Å². The summed E-state index contributed by atoms with van der Waals surface area (Å²) in [4.78, 5) is 12.3. The van der Waals surface area contributed by atoms with E-state index >= 15 is 0 Å². The molecule has 0 saturated heterocycles. The first-order valence-corrected chi connectivity index (χ1v) is 8.36. The molecular weight excluding hydrogens is 200 g/mol. The Bertz CT molecular complexity index is 347. The highest BCUT2D eigenvalue weighted by Crippen LogP contribution is 2.21. The van der Waals surface area contributed by atoms with Gasteiger partial charge in [0.1, 0.15) is 5.41 Å². The van der Waals surface area contributed by atoms with Crippen LogP contribution in [0.2, 0.25) is 13.1 Å². The van der Waals surface area contributed by atoms with Crippen LogP contribution in [0.15, 0.2) is 30.3 Å². The zero-order valence-electron chi connectivity index (χ0n) is 10.3. The lowest BCUT2D eigenvalue weighted by atomic mass is 9.99. The molecule has 1 rings (SSSR count). The monoisotopic (exact) mass is 220 g/mol. The fourth-order valence-corrected chi connectivity index (χ4v) is 5.09. The Kier molecular flexibility index (Phi) is 3.19. The van der Waals surface area contributed by atoms with Gasteiger partial charge in [0.2, 0.25) is 0 Å². The molecule has 0 unspecified atom stereocenters. The molecule has 0 heterocycles. The van der Waals surface area contributed by atoms with E-state index < -0.39 is 8.07 Å². The van der Waals surface area contributed by atoms with E-state index in [2.05, 4.69) is 25.2 Å². The van der Waals surface area contributed by atoms with Gasteiger partial charge in [-0.15, -0.1) is 0 Å². The van der Waals surface area contributed by atoms with Crippen LogP contribution in [-0.2, 0) is 4.79 Å². The number of benzene rings is 1. The minimum absolute atomic E-state index is 0.231. The van der Waals surface area contributed by atoms with E-state index in [4.69, 9.17) is 0 Å². The lowest BCUT2D eigenvalue weighted by molar-refractivity contribution is -0.119. The zero-order valence-corrected chi connectivity index (χ0v) is 11.3. The van der Waals surface area contributed by atoms with Crippen LogP contribution in [0.5, 0.6) is 0 Å². The summed E-state index contributed by atoms with van der Waals surface area (Å²) in [5.41, 5.74) is -0.231. The van der Waals surface area contributed by atoms with Crippen LogP contribution >= 0.6 is 0 Å². The maximum absolute atomic E-state index is 12.3. The summed E-state index contributed by atoms with van der Waals surface area (Å²) < 4.78 is 0. The number of carbonyl (C=O) groups excluding carboxylic acids is 1. The molecule has 1 nitrogen and oxygen atoms in total. The lowest BCUT2D eigenvalue weighted by Gasteiger charge is -2.29. The molecule has 1 aromatic rings. The van der Waals surface area contributed by atoms with Gasteiger partial charge in [0.15, 0.2) is 8.07 Å². The Labute approximate surface area is 93.5 Å². The third-order valence-electron chi connectivity index (χ3n) is 2.74. The molecule has 0 bridgehead atoms. The van der Waals surface area contributed by atoms with Gasteiger partial charge in [0.05, 0.1) is 0 Å². The van der Waals surface area contributed by atoms with Crippen molar-refractivity contribution in [2.24, 2.45) is 5.41 Å². The summed E-state index contributed by atoms with van der Waals surface area (Å²) in [6.45, 7) is 10.3. The Balaban J connectivity index is 3.09. The minimum atomic E-state index is -1.96. The minimum Gasteiger partial charge on any atom is -0.304 e. The number of hydrogen-bond acceptors (Lipinski definition) is 1. The summed E-state index contributed by atoms with van der Waals surface area (Å²) in [7, 11) is -1.96. The van der Waals surface area contributed by atoms with E-state index in [1.807, 2.05) is 39.0 Å². The van der Waals surface area contributed by atoms with Crippen LogP contribution in [0, 0.1) is 5.41 Å². The molecule has 0 aliphatic carbocycles. The van der Waals surface area contributed by atoms with Gasteiger partial charge in [-0.2, -0.15) is 0 Å². The average Bonchev–Trinajstić information content (AvgIpc) is 2.16. The maximum atomic E-state index is 12.3. The van der Waals surface area contributed by atoms with Gasteiger partial charge in [-0.3, -0.25) is 0 Å². The average molecular weight is 220 g/mol. The van der Waals surface area contributed by atoms with Crippen molar-refractivity contribution in [1.82, 2.24) is 0 Å². The quantitative estimate of drug-likeness (QED) is 0.700. The van der Waals surface area contributed by atoms with Crippen molar-refractivity contribution in [2.75, 3.05) is 0 Å². The van der Waals surface area contributed by atoms with Crippen molar-refractivity contribution < 1.29 is 4.79 Å². The van der Waals surface area contributed by atoms with Crippen LogP contribution in [0.25, 0.3) is 0 Å². The first-order chi connectivity index (χ1) is 6.76. The predicted molar refractivity (Wildman–Crippen MR) is 68.0 cm³/mol. The molecule has 0 saturated carbocycles. The zero-order chi connectivity index (χ0) is 11.7. The van der Waals surface area contributed by atoms with Crippen molar-refractivity contribution >= 4 is 18.7 Å². The molecule has 0 radical (unpaired) electrons. The van der Waals surface area contributed by atoms with Gasteiger partial charge in [-0.05, 0) is 0 Å². The number of rotatable bonds is 2. The smallest absolute Gasteiger partial charge is 0.158 e. The van der Waals surface area contributed by atoms with E-state index in [9.17, 15) is 4.79 Å². The number of carbonyl (C=O) groups is 1. The second-order valence-corrected chi connectivity index (χ2v) is 9.85. The first-order valence-electron chi connectivity index (χ1n) is 5.36. The molecule has 0 aliphatic heterocycles. The Morgan fingerprint density at radius 1 is 1.07 bits per heavy atom. The van der Waals surface area contributed by atoms with Crippen molar-refractivity contribution in [3.05, 3.63) is 30.3 Å². The summed E-state index contributed by atoms with van der Waals surface area (Å²) in [6.07, 6.45) is 0. The fraction of sp³-hybridized carbons (Fsp3) is 0.462. The van der Waals surface area contributed by atoms with Gasteiger partial charge < -0.3 is 4.79 Å². The summed E-state index contributed by atoms with van der Waals surface area (Å²) in [5.74, 6) is 0. The fourth-order valence-electron chi connectivity index (χ4n) is 1.92. The Morgan fingerprint density at radius 2 is 1.53 bits per heavy atom. The van der Waals surface area contributed by atoms with Crippen molar-refractivity contribution in [2.45, 2.75) is 33.9 Å². The molecule has 1 aromatic carbocycles. The van der Waals surface area contributed by atoms with Crippen molar-refractivity contribution in [3.8, 4) is 0 Å². The van der Waals surface area contributed by atoms with Crippen molar-refractivity contribution in [1.29, 1.82) is 0 Å². The third kappa shape index (κ3) is 2.57. The highest BCUT2D eigenvalue weighted by atomic mass is 28.3. The molecule has 0 aliphatic rings. The molecule has 82 valence electrons. The van der Waals surface area contributed by atoms with Crippen LogP contribution < -0.4 is 5.19 Å². The van der Waals surface area contributed by atoms with Gasteiger partial charge >= 0.3 is 0 Å². The molecular formula is C13H20OSi. The number of hydrogen-bond donors (Lipinski definition) is 0. The molecule has 0 N–H and O–H groups in total. The van der Waals surface area contributed by atoms with Crippen molar-refractivity contribution in [3.63, 3.8) is 0 Å². The largest absolute Gasteiger partial charge is 0.304 e. The molecule has 0 spiro atoms. The van der Waals surface area contributed by atoms with E-state index in [1.165, 1.54) is 5.19 Å². The molecule has 0 aromatic heterocycles. The SMILES string of the molecule is CC(C)(C)C(=O)[Si](C)(C)c1ccccc1. The molecule has 0 amide bonds. The van der Waals surface area contributed by atoms with Gasteiger partial charge in [-0.25, -0.2) is 0 Å². The predicted octanol–water partition coefficient (Wildman–Crippen LogP) is 2.76. The van der Waals surface area contributed by atoms with Gasteiger partial charge in [0.25, 0.3) is 0 Å².